The van der Waals surface area contributed by atoms with Gasteiger partial charge in [0, 0.05) is 22.7 Å². The van der Waals surface area contributed by atoms with Gasteiger partial charge in [-0.1, -0.05) is 29.8 Å². The number of hydrogen-bond acceptors (Lipinski definition) is 2. The van der Waals surface area contributed by atoms with Crippen LogP contribution in [0.3, 0.4) is 0 Å². The fourth-order valence-corrected chi connectivity index (χ4v) is 4.64. The smallest absolute Gasteiger partial charge is 0.0409 e. The van der Waals surface area contributed by atoms with Crippen LogP contribution in [0.5, 0.6) is 0 Å². The second-order valence-corrected chi connectivity index (χ2v) is 7.09. The molecule has 4 rings (SSSR count). The largest absolute Gasteiger partial charge is 0.399 e. The zero-order chi connectivity index (χ0) is 15.3. The van der Waals surface area contributed by atoms with Crippen molar-refractivity contribution in [2.45, 2.75) is 24.8 Å². The summed E-state index contributed by atoms with van der Waals surface area (Å²) in [4.78, 5) is 2.51. The first-order valence-electron chi connectivity index (χ1n) is 8.00. The summed E-state index contributed by atoms with van der Waals surface area (Å²) < 4.78 is 0. The second kappa shape index (κ2) is 5.29. The van der Waals surface area contributed by atoms with Gasteiger partial charge in [-0.25, -0.2) is 0 Å². The molecule has 1 heterocycles. The molecule has 2 aromatic rings. The number of benzene rings is 2. The Hall–Kier alpha value is -1.51. The predicted molar refractivity (Wildman–Crippen MR) is 92.2 cm³/mol. The highest BCUT2D eigenvalue weighted by atomic mass is 35.5. The number of piperidine rings is 1. The van der Waals surface area contributed by atoms with E-state index in [1.807, 2.05) is 18.2 Å². The first-order chi connectivity index (χ1) is 10.6. The number of halogens is 1. The normalized spacial score (nSPS) is 27.5. The number of likely N-dealkylation sites (tertiary alicyclic amines) is 1. The maximum Gasteiger partial charge on any atom is 0.0409 e. The van der Waals surface area contributed by atoms with Gasteiger partial charge in [0.2, 0.25) is 0 Å². The molecule has 1 aliphatic heterocycles. The summed E-state index contributed by atoms with van der Waals surface area (Å²) in [7, 11) is 2.25. The molecule has 0 aromatic heterocycles. The van der Waals surface area contributed by atoms with E-state index in [0.717, 1.165) is 10.7 Å². The minimum Gasteiger partial charge on any atom is -0.399 e. The molecule has 3 atom stereocenters. The van der Waals surface area contributed by atoms with Gasteiger partial charge < -0.3 is 5.73 Å². The molecule has 0 amide bonds. The van der Waals surface area contributed by atoms with Crippen molar-refractivity contribution >= 4 is 17.3 Å². The molecule has 2 aromatic carbocycles. The van der Waals surface area contributed by atoms with E-state index in [2.05, 4.69) is 36.2 Å². The molecule has 3 heteroatoms. The molecule has 2 N–H and O–H groups in total. The third kappa shape index (κ3) is 2.13. The van der Waals surface area contributed by atoms with Gasteiger partial charge in [-0.2, -0.15) is 0 Å². The highest BCUT2D eigenvalue weighted by Gasteiger charge is 2.44. The Bertz CT molecular complexity index is 695. The lowest BCUT2D eigenvalue weighted by atomic mass is 9.80. The van der Waals surface area contributed by atoms with Crippen LogP contribution in [0.1, 0.15) is 41.5 Å². The molecule has 1 saturated heterocycles. The van der Waals surface area contributed by atoms with Crippen molar-refractivity contribution in [1.82, 2.24) is 4.90 Å². The van der Waals surface area contributed by atoms with E-state index in [1.54, 1.807) is 0 Å². The summed E-state index contributed by atoms with van der Waals surface area (Å²) in [6.07, 6.45) is 2.54. The first kappa shape index (κ1) is 14.1. The maximum atomic E-state index is 6.30. The Morgan fingerprint density at radius 1 is 1.09 bits per heavy atom. The van der Waals surface area contributed by atoms with Crippen molar-refractivity contribution < 1.29 is 0 Å². The highest BCUT2D eigenvalue weighted by molar-refractivity contribution is 6.30. The van der Waals surface area contributed by atoms with E-state index in [1.165, 1.54) is 36.1 Å². The van der Waals surface area contributed by atoms with Crippen LogP contribution in [0.4, 0.5) is 5.69 Å². The predicted octanol–water partition coefficient (Wildman–Crippen LogP) is 4.45. The van der Waals surface area contributed by atoms with Gasteiger partial charge in [0.1, 0.15) is 0 Å². The van der Waals surface area contributed by atoms with Crippen molar-refractivity contribution in [3.8, 4) is 0 Å². The molecule has 2 aliphatic rings. The first-order valence-corrected chi connectivity index (χ1v) is 8.38. The molecule has 0 bridgehead atoms. The number of anilines is 1. The number of nitrogen functional groups attached to an aromatic ring is 1. The van der Waals surface area contributed by atoms with E-state index in [4.69, 9.17) is 17.3 Å². The van der Waals surface area contributed by atoms with E-state index < -0.39 is 0 Å². The quantitative estimate of drug-likeness (QED) is 0.788. The SMILES string of the molecule is CN1CCCC2C(c3ccc(N)cc3)c3cc(Cl)ccc3C21. The highest BCUT2D eigenvalue weighted by Crippen LogP contribution is 2.54. The lowest BCUT2D eigenvalue weighted by Gasteiger charge is -2.37. The van der Waals surface area contributed by atoms with Gasteiger partial charge in [-0.3, -0.25) is 4.90 Å². The summed E-state index contributed by atoms with van der Waals surface area (Å²) in [5, 5.41) is 0.834. The van der Waals surface area contributed by atoms with Gasteiger partial charge in [0.15, 0.2) is 0 Å². The fourth-order valence-electron chi connectivity index (χ4n) is 4.46. The molecule has 22 heavy (non-hydrogen) atoms. The fraction of sp³-hybridized carbons (Fsp3) is 0.368. The average Bonchev–Trinajstić information content (AvgIpc) is 2.83. The monoisotopic (exact) mass is 312 g/mol. The van der Waals surface area contributed by atoms with Gasteiger partial charge in [-0.05, 0) is 73.3 Å². The Morgan fingerprint density at radius 3 is 2.64 bits per heavy atom. The third-order valence-electron chi connectivity index (χ3n) is 5.35. The van der Waals surface area contributed by atoms with Crippen LogP contribution in [0.25, 0.3) is 0 Å². The Labute approximate surface area is 136 Å². The van der Waals surface area contributed by atoms with Crippen LogP contribution in [-0.4, -0.2) is 18.5 Å². The van der Waals surface area contributed by atoms with E-state index in [0.29, 0.717) is 17.9 Å². The topological polar surface area (TPSA) is 29.3 Å². The minimum absolute atomic E-state index is 0.432. The number of nitrogens with zero attached hydrogens (tertiary/aromatic N) is 1. The second-order valence-electron chi connectivity index (χ2n) is 6.65. The van der Waals surface area contributed by atoms with Crippen LogP contribution in [-0.2, 0) is 0 Å². The summed E-state index contributed by atoms with van der Waals surface area (Å²) >= 11 is 6.30. The average molecular weight is 313 g/mol. The number of nitrogens with two attached hydrogens (primary N) is 1. The lowest BCUT2D eigenvalue weighted by Crippen LogP contribution is -2.34. The molecule has 0 spiro atoms. The molecule has 3 unspecified atom stereocenters. The van der Waals surface area contributed by atoms with E-state index in [-0.39, 0.29) is 0 Å². The Balaban J connectivity index is 1.86. The molecular weight excluding hydrogens is 292 g/mol. The Morgan fingerprint density at radius 2 is 1.86 bits per heavy atom. The van der Waals surface area contributed by atoms with Crippen LogP contribution in [0, 0.1) is 5.92 Å². The van der Waals surface area contributed by atoms with Crippen molar-refractivity contribution in [2.75, 3.05) is 19.3 Å². The minimum atomic E-state index is 0.432. The van der Waals surface area contributed by atoms with E-state index >= 15 is 0 Å². The van der Waals surface area contributed by atoms with Crippen molar-refractivity contribution in [3.63, 3.8) is 0 Å². The van der Waals surface area contributed by atoms with Crippen LogP contribution in [0.15, 0.2) is 42.5 Å². The molecular formula is C19H21ClN2. The van der Waals surface area contributed by atoms with Gasteiger partial charge in [0.05, 0.1) is 0 Å². The molecule has 0 radical (unpaired) electrons. The summed E-state index contributed by atoms with van der Waals surface area (Å²) in [5.74, 6) is 1.07. The zero-order valence-electron chi connectivity index (χ0n) is 12.8. The van der Waals surface area contributed by atoms with Crippen LogP contribution in [0.2, 0.25) is 5.02 Å². The Kier molecular flexibility index (Phi) is 3.39. The maximum absolute atomic E-state index is 6.30. The van der Waals surface area contributed by atoms with Gasteiger partial charge in [-0.15, -0.1) is 0 Å². The number of hydrogen-bond donors (Lipinski definition) is 1. The zero-order valence-corrected chi connectivity index (χ0v) is 13.6. The van der Waals surface area contributed by atoms with Crippen molar-refractivity contribution in [2.24, 2.45) is 5.92 Å². The van der Waals surface area contributed by atoms with Crippen LogP contribution < -0.4 is 5.73 Å². The summed E-state index contributed by atoms with van der Waals surface area (Å²) in [6.45, 7) is 1.18. The molecule has 1 fully saturated rings. The van der Waals surface area contributed by atoms with Crippen molar-refractivity contribution in [1.29, 1.82) is 0 Å². The summed E-state index contributed by atoms with van der Waals surface area (Å²) in [6, 6.07) is 15.3. The molecule has 1 aliphatic carbocycles. The van der Waals surface area contributed by atoms with Gasteiger partial charge >= 0.3 is 0 Å². The number of fused-ring (bicyclic) bond motifs is 3. The van der Waals surface area contributed by atoms with Crippen molar-refractivity contribution in [3.05, 3.63) is 64.2 Å². The van der Waals surface area contributed by atoms with E-state index in [9.17, 15) is 0 Å². The molecule has 114 valence electrons. The summed E-state index contributed by atoms with van der Waals surface area (Å²) in [5.41, 5.74) is 10.9. The number of rotatable bonds is 1. The molecule has 2 nitrogen and oxygen atoms in total. The molecule has 0 saturated carbocycles. The third-order valence-corrected chi connectivity index (χ3v) is 5.59. The lowest BCUT2D eigenvalue weighted by molar-refractivity contribution is 0.127. The standard InChI is InChI=1S/C19H21ClN2/c1-22-10-2-3-16-18(12-4-7-14(21)8-5-12)17-11-13(20)6-9-15(17)19(16)22/h4-9,11,16,18-19H,2-3,10,21H2,1H3. The van der Waals surface area contributed by atoms with Gasteiger partial charge in [0.25, 0.3) is 0 Å². The van der Waals surface area contributed by atoms with Crippen LogP contribution >= 0.6 is 11.6 Å².